The van der Waals surface area contributed by atoms with Gasteiger partial charge < -0.3 is 5.32 Å². The summed E-state index contributed by atoms with van der Waals surface area (Å²) in [6.45, 7) is 2.98. The van der Waals surface area contributed by atoms with Gasteiger partial charge in [-0.05, 0) is 44.4 Å². The van der Waals surface area contributed by atoms with Crippen LogP contribution in [0, 0.1) is 6.92 Å². The number of rotatable bonds is 4. The van der Waals surface area contributed by atoms with Gasteiger partial charge in [-0.1, -0.05) is 30.5 Å². The molecule has 2 amide bonds. The lowest BCUT2D eigenvalue weighted by Gasteiger charge is -2.47. The Hall–Kier alpha value is -1.64. The monoisotopic (exact) mass is 427 g/mol. The number of piperazine rings is 1. The Morgan fingerprint density at radius 1 is 1.29 bits per heavy atom. The second kappa shape index (κ2) is 7.65. The number of amides is 2. The molecule has 1 saturated heterocycles. The maximum atomic E-state index is 13.3. The molecule has 1 aromatic carbocycles. The molecule has 1 atom stereocenters. The molecule has 1 N–H and O–H groups in total. The van der Waals surface area contributed by atoms with Crippen LogP contribution in [0.2, 0.25) is 5.02 Å². The van der Waals surface area contributed by atoms with Gasteiger partial charge in [-0.15, -0.1) is 0 Å². The average Bonchev–Trinajstić information content (AvgIpc) is 3.10. The topological polar surface area (TPSA) is 86.8 Å². The fraction of sp³-hybridized carbons (Fsp3) is 0.579. The van der Waals surface area contributed by atoms with Crippen molar-refractivity contribution in [2.45, 2.75) is 51.1 Å². The summed E-state index contributed by atoms with van der Waals surface area (Å²) >= 11 is 6.25. The molecule has 0 radical (unpaired) electrons. The van der Waals surface area contributed by atoms with Crippen molar-refractivity contribution in [2.24, 2.45) is 0 Å². The number of benzene rings is 1. The summed E-state index contributed by atoms with van der Waals surface area (Å²) in [7, 11) is -3.63. The van der Waals surface area contributed by atoms with E-state index in [1.54, 1.807) is 32.0 Å². The van der Waals surface area contributed by atoms with Gasteiger partial charge >= 0.3 is 0 Å². The van der Waals surface area contributed by atoms with Gasteiger partial charge in [-0.25, -0.2) is 8.42 Å². The van der Waals surface area contributed by atoms with Crippen molar-refractivity contribution in [2.75, 3.05) is 24.2 Å². The maximum absolute atomic E-state index is 13.3. The van der Waals surface area contributed by atoms with Gasteiger partial charge in [0.05, 0.1) is 12.8 Å². The van der Waals surface area contributed by atoms with Crippen molar-refractivity contribution in [3.05, 3.63) is 28.8 Å². The van der Waals surface area contributed by atoms with Crippen molar-refractivity contribution >= 4 is 39.1 Å². The smallest absolute Gasteiger partial charge is 0.247 e. The van der Waals surface area contributed by atoms with E-state index in [0.717, 1.165) is 36.2 Å². The molecule has 9 heteroatoms. The van der Waals surface area contributed by atoms with Crippen LogP contribution >= 0.6 is 11.6 Å². The van der Waals surface area contributed by atoms with E-state index in [4.69, 9.17) is 11.6 Å². The molecule has 2 aliphatic rings. The second-order valence-electron chi connectivity index (χ2n) is 7.87. The average molecular weight is 428 g/mol. The van der Waals surface area contributed by atoms with Gasteiger partial charge in [0, 0.05) is 23.3 Å². The van der Waals surface area contributed by atoms with Crippen LogP contribution in [0.15, 0.2) is 18.2 Å². The summed E-state index contributed by atoms with van der Waals surface area (Å²) in [5, 5.41) is 3.51. The van der Waals surface area contributed by atoms with Crippen LogP contribution in [0.4, 0.5) is 5.69 Å². The highest BCUT2D eigenvalue weighted by atomic mass is 35.5. The molecule has 1 unspecified atom stereocenters. The van der Waals surface area contributed by atoms with E-state index < -0.39 is 21.5 Å². The van der Waals surface area contributed by atoms with E-state index >= 15 is 0 Å². The van der Waals surface area contributed by atoms with E-state index in [2.05, 4.69) is 5.32 Å². The normalized spacial score (nSPS) is 24.6. The summed E-state index contributed by atoms with van der Waals surface area (Å²) in [6.07, 6.45) is 4.93. The zero-order valence-corrected chi connectivity index (χ0v) is 17.9. The number of hydrogen-bond acceptors (Lipinski definition) is 4. The SMILES string of the molecule is Cc1c(Cl)cccc1N1C(=O)CN(S(C)(=O)=O)CC1(C)C(=O)NC1CCCC1. The van der Waals surface area contributed by atoms with Crippen molar-refractivity contribution in [3.63, 3.8) is 0 Å². The first-order valence-corrected chi connectivity index (χ1v) is 11.6. The van der Waals surface area contributed by atoms with Crippen LogP contribution in [0.25, 0.3) is 0 Å². The lowest BCUT2D eigenvalue weighted by atomic mass is 9.93. The first-order chi connectivity index (χ1) is 13.0. The summed E-state index contributed by atoms with van der Waals surface area (Å²) in [6, 6.07) is 5.22. The lowest BCUT2D eigenvalue weighted by molar-refractivity contribution is -0.133. The molecule has 1 saturated carbocycles. The number of nitrogens with zero attached hydrogens (tertiary/aromatic N) is 2. The first-order valence-electron chi connectivity index (χ1n) is 9.38. The third-order valence-corrected chi connectivity index (χ3v) is 7.27. The molecule has 1 aliphatic heterocycles. The predicted octanol–water partition coefficient (Wildman–Crippen LogP) is 2.07. The van der Waals surface area contributed by atoms with Crippen LogP contribution in [0.5, 0.6) is 0 Å². The predicted molar refractivity (Wildman–Crippen MR) is 109 cm³/mol. The minimum Gasteiger partial charge on any atom is -0.351 e. The quantitative estimate of drug-likeness (QED) is 0.796. The number of carbonyl (C=O) groups is 2. The molecule has 1 heterocycles. The lowest BCUT2D eigenvalue weighted by Crippen LogP contribution is -2.70. The largest absolute Gasteiger partial charge is 0.351 e. The Kier molecular flexibility index (Phi) is 5.76. The van der Waals surface area contributed by atoms with Crippen LogP contribution in [-0.2, 0) is 19.6 Å². The van der Waals surface area contributed by atoms with Crippen molar-refractivity contribution in [1.29, 1.82) is 0 Å². The van der Waals surface area contributed by atoms with Gasteiger partial charge in [0.25, 0.3) is 0 Å². The van der Waals surface area contributed by atoms with E-state index in [1.165, 1.54) is 4.90 Å². The van der Waals surface area contributed by atoms with Gasteiger partial charge in [0.2, 0.25) is 21.8 Å². The molecular weight excluding hydrogens is 402 g/mol. The fourth-order valence-corrected chi connectivity index (χ4v) is 5.02. The second-order valence-corrected chi connectivity index (χ2v) is 10.3. The van der Waals surface area contributed by atoms with Gasteiger partial charge in [-0.2, -0.15) is 4.31 Å². The summed E-state index contributed by atoms with van der Waals surface area (Å²) in [5.41, 5.74) is -0.184. The minimum atomic E-state index is -3.63. The van der Waals surface area contributed by atoms with Crippen molar-refractivity contribution in [1.82, 2.24) is 9.62 Å². The van der Waals surface area contributed by atoms with Crippen LogP contribution in [-0.4, -0.2) is 55.5 Å². The highest BCUT2D eigenvalue weighted by Crippen LogP contribution is 2.35. The van der Waals surface area contributed by atoms with Crippen molar-refractivity contribution in [3.8, 4) is 0 Å². The van der Waals surface area contributed by atoms with E-state index in [-0.39, 0.29) is 25.0 Å². The highest BCUT2D eigenvalue weighted by Gasteiger charge is 2.51. The number of sulfonamides is 1. The maximum Gasteiger partial charge on any atom is 0.247 e. The zero-order chi connectivity index (χ0) is 20.7. The van der Waals surface area contributed by atoms with Gasteiger partial charge in [0.15, 0.2) is 0 Å². The molecule has 1 aromatic rings. The van der Waals surface area contributed by atoms with Gasteiger partial charge in [-0.3, -0.25) is 14.5 Å². The number of anilines is 1. The molecular formula is C19H26ClN3O4S. The Labute approximate surface area is 171 Å². The standard InChI is InChI=1S/C19H26ClN3O4S/c1-13-15(20)9-6-10-16(13)23-17(24)11-22(28(3,26)27)12-19(23,2)18(25)21-14-7-4-5-8-14/h6,9-10,14H,4-5,7-8,11-12H2,1-3H3,(H,21,25). The Morgan fingerprint density at radius 2 is 1.93 bits per heavy atom. The Bertz CT molecular complexity index is 898. The molecule has 28 heavy (non-hydrogen) atoms. The Balaban J connectivity index is 2.05. The zero-order valence-electron chi connectivity index (χ0n) is 16.4. The fourth-order valence-electron chi connectivity index (χ4n) is 4.02. The number of halogens is 1. The highest BCUT2D eigenvalue weighted by molar-refractivity contribution is 7.88. The van der Waals surface area contributed by atoms with Crippen LogP contribution < -0.4 is 10.2 Å². The van der Waals surface area contributed by atoms with Crippen LogP contribution in [0.1, 0.15) is 38.2 Å². The molecule has 3 rings (SSSR count). The molecule has 0 spiro atoms. The first kappa shape index (κ1) is 21.1. The van der Waals surface area contributed by atoms with Crippen molar-refractivity contribution < 1.29 is 18.0 Å². The molecule has 154 valence electrons. The number of carbonyl (C=O) groups excluding carboxylic acids is 2. The molecule has 0 bridgehead atoms. The van der Waals surface area contributed by atoms with E-state index in [0.29, 0.717) is 16.3 Å². The Morgan fingerprint density at radius 3 is 2.54 bits per heavy atom. The molecule has 1 aliphatic carbocycles. The van der Waals surface area contributed by atoms with Crippen LogP contribution in [0.3, 0.4) is 0 Å². The third-order valence-electron chi connectivity index (χ3n) is 5.67. The third kappa shape index (κ3) is 3.90. The molecule has 2 fully saturated rings. The summed E-state index contributed by atoms with van der Waals surface area (Å²) in [4.78, 5) is 27.8. The number of nitrogens with one attached hydrogen (secondary N) is 1. The van der Waals surface area contributed by atoms with Gasteiger partial charge in [0.1, 0.15) is 5.54 Å². The molecule has 7 nitrogen and oxygen atoms in total. The summed E-state index contributed by atoms with van der Waals surface area (Å²) < 4.78 is 25.4. The number of hydrogen-bond donors (Lipinski definition) is 1. The minimum absolute atomic E-state index is 0.0512. The van der Waals surface area contributed by atoms with E-state index in [9.17, 15) is 18.0 Å². The summed E-state index contributed by atoms with van der Waals surface area (Å²) in [5.74, 6) is -0.799. The van der Waals surface area contributed by atoms with E-state index in [1.807, 2.05) is 0 Å². The molecule has 0 aromatic heterocycles.